The van der Waals surface area contributed by atoms with Crippen LogP contribution in [-0.4, -0.2) is 28.9 Å². The molecule has 0 radical (unpaired) electrons. The van der Waals surface area contributed by atoms with E-state index in [2.05, 4.69) is 4.74 Å². The molecule has 1 rings (SSSR count). The van der Waals surface area contributed by atoms with E-state index < -0.39 is 17.7 Å². The Kier molecular flexibility index (Phi) is 4.26. The van der Waals surface area contributed by atoms with Crippen LogP contribution in [0.15, 0.2) is 24.3 Å². The molecule has 0 bridgehead atoms. The molecule has 4 heteroatoms. The first-order valence-corrected chi connectivity index (χ1v) is 5.40. The zero-order chi connectivity index (χ0) is 13.1. The summed E-state index contributed by atoms with van der Waals surface area (Å²) in [6, 6.07) is 6.92. The van der Waals surface area contributed by atoms with Gasteiger partial charge in [0.25, 0.3) is 0 Å². The highest BCUT2D eigenvalue weighted by Gasteiger charge is 2.19. The van der Waals surface area contributed by atoms with Crippen LogP contribution >= 0.6 is 0 Å². The van der Waals surface area contributed by atoms with Gasteiger partial charge in [-0.3, -0.25) is 0 Å². The standard InChI is InChI=1S/C13H18O4/c1-13(2,16)8-9-5-4-6-10(7-9)11(14)12(15)17-3/h4-7,11,14,16H,8H2,1-3H3. The lowest BCUT2D eigenvalue weighted by atomic mass is 9.96. The molecule has 0 aliphatic heterocycles. The first-order chi connectivity index (χ1) is 7.83. The minimum Gasteiger partial charge on any atom is -0.467 e. The fraction of sp³-hybridized carbons (Fsp3) is 0.462. The van der Waals surface area contributed by atoms with Crippen LogP contribution in [0.5, 0.6) is 0 Å². The van der Waals surface area contributed by atoms with Gasteiger partial charge in [0.1, 0.15) is 0 Å². The molecule has 0 aliphatic carbocycles. The van der Waals surface area contributed by atoms with Gasteiger partial charge in [-0.2, -0.15) is 0 Å². The zero-order valence-corrected chi connectivity index (χ0v) is 10.3. The second-order valence-corrected chi connectivity index (χ2v) is 4.66. The van der Waals surface area contributed by atoms with Crippen molar-refractivity contribution in [1.82, 2.24) is 0 Å². The van der Waals surface area contributed by atoms with Crippen LogP contribution in [0.3, 0.4) is 0 Å². The fourth-order valence-corrected chi connectivity index (χ4v) is 1.62. The minimum atomic E-state index is -1.28. The maximum atomic E-state index is 11.2. The Hall–Kier alpha value is -1.39. The summed E-state index contributed by atoms with van der Waals surface area (Å²) in [5.74, 6) is -0.689. The average molecular weight is 238 g/mol. The molecule has 2 N–H and O–H groups in total. The van der Waals surface area contributed by atoms with Crippen molar-refractivity contribution >= 4 is 5.97 Å². The molecular formula is C13H18O4. The molecule has 0 heterocycles. The SMILES string of the molecule is COC(=O)C(O)c1cccc(CC(C)(C)O)c1. The molecule has 0 spiro atoms. The molecule has 17 heavy (non-hydrogen) atoms. The predicted molar refractivity (Wildman–Crippen MR) is 63.4 cm³/mol. The summed E-state index contributed by atoms with van der Waals surface area (Å²) in [5, 5.41) is 19.4. The van der Waals surface area contributed by atoms with Gasteiger partial charge in [0, 0.05) is 6.42 Å². The molecular weight excluding hydrogens is 220 g/mol. The number of methoxy groups -OCH3 is 1. The summed E-state index contributed by atoms with van der Waals surface area (Å²) in [6.45, 7) is 3.41. The van der Waals surface area contributed by atoms with Crippen molar-refractivity contribution in [2.24, 2.45) is 0 Å². The third-order valence-electron chi connectivity index (χ3n) is 2.33. The van der Waals surface area contributed by atoms with E-state index in [-0.39, 0.29) is 0 Å². The molecule has 1 aromatic carbocycles. The molecule has 1 atom stereocenters. The van der Waals surface area contributed by atoms with Crippen molar-refractivity contribution in [1.29, 1.82) is 0 Å². The molecule has 0 amide bonds. The van der Waals surface area contributed by atoms with Crippen LogP contribution in [0.2, 0.25) is 0 Å². The van der Waals surface area contributed by atoms with Gasteiger partial charge in [-0.15, -0.1) is 0 Å². The lowest BCUT2D eigenvalue weighted by molar-refractivity contribution is -0.150. The van der Waals surface area contributed by atoms with Crippen LogP contribution < -0.4 is 0 Å². The van der Waals surface area contributed by atoms with E-state index in [1.165, 1.54) is 7.11 Å². The summed E-state index contributed by atoms with van der Waals surface area (Å²) in [5.41, 5.74) is 0.506. The lowest BCUT2D eigenvalue weighted by Crippen LogP contribution is -2.22. The van der Waals surface area contributed by atoms with Gasteiger partial charge in [0.15, 0.2) is 6.10 Å². The number of carbonyl (C=O) groups excluding carboxylic acids is 1. The van der Waals surface area contributed by atoms with E-state index in [4.69, 9.17) is 0 Å². The van der Waals surface area contributed by atoms with Gasteiger partial charge < -0.3 is 14.9 Å². The Labute approximate surface area is 101 Å². The predicted octanol–water partition coefficient (Wildman–Crippen LogP) is 1.21. The lowest BCUT2D eigenvalue weighted by Gasteiger charge is -2.18. The van der Waals surface area contributed by atoms with Crippen LogP contribution in [-0.2, 0) is 16.0 Å². The quantitative estimate of drug-likeness (QED) is 0.774. The van der Waals surface area contributed by atoms with Crippen molar-refractivity contribution in [3.63, 3.8) is 0 Å². The number of aliphatic hydroxyl groups is 2. The van der Waals surface area contributed by atoms with Gasteiger partial charge in [0.2, 0.25) is 0 Å². The van der Waals surface area contributed by atoms with Gasteiger partial charge in [-0.1, -0.05) is 24.3 Å². The van der Waals surface area contributed by atoms with Gasteiger partial charge in [0.05, 0.1) is 12.7 Å². The molecule has 1 aromatic rings. The van der Waals surface area contributed by atoms with Crippen molar-refractivity contribution in [3.8, 4) is 0 Å². The highest BCUT2D eigenvalue weighted by atomic mass is 16.5. The van der Waals surface area contributed by atoms with E-state index >= 15 is 0 Å². The van der Waals surface area contributed by atoms with Crippen molar-refractivity contribution in [3.05, 3.63) is 35.4 Å². The van der Waals surface area contributed by atoms with Crippen molar-refractivity contribution in [2.75, 3.05) is 7.11 Å². The summed E-state index contributed by atoms with van der Waals surface area (Å²) in [6.07, 6.45) is -0.823. The highest BCUT2D eigenvalue weighted by molar-refractivity contribution is 5.76. The molecule has 0 saturated carbocycles. The number of carbonyl (C=O) groups is 1. The number of hydrogen-bond donors (Lipinski definition) is 2. The van der Waals surface area contributed by atoms with E-state index in [0.717, 1.165) is 5.56 Å². The first kappa shape index (κ1) is 13.7. The summed E-state index contributed by atoms with van der Waals surface area (Å²) < 4.78 is 4.47. The largest absolute Gasteiger partial charge is 0.467 e. The maximum Gasteiger partial charge on any atom is 0.339 e. The van der Waals surface area contributed by atoms with Crippen LogP contribution in [0.1, 0.15) is 31.1 Å². The van der Waals surface area contributed by atoms with E-state index in [1.54, 1.807) is 32.0 Å². The van der Waals surface area contributed by atoms with Crippen LogP contribution in [0.25, 0.3) is 0 Å². The summed E-state index contributed by atoms with van der Waals surface area (Å²) >= 11 is 0. The second-order valence-electron chi connectivity index (χ2n) is 4.66. The number of hydrogen-bond acceptors (Lipinski definition) is 4. The van der Waals surface area contributed by atoms with E-state index in [0.29, 0.717) is 12.0 Å². The third-order valence-corrected chi connectivity index (χ3v) is 2.33. The molecule has 0 aliphatic rings. The average Bonchev–Trinajstić information content (AvgIpc) is 2.25. The van der Waals surface area contributed by atoms with Crippen LogP contribution in [0.4, 0.5) is 0 Å². The van der Waals surface area contributed by atoms with Gasteiger partial charge in [-0.25, -0.2) is 4.79 Å². The zero-order valence-electron chi connectivity index (χ0n) is 10.3. The topological polar surface area (TPSA) is 66.8 Å². The number of ether oxygens (including phenoxy) is 1. The Morgan fingerprint density at radius 1 is 1.47 bits per heavy atom. The number of benzene rings is 1. The van der Waals surface area contributed by atoms with E-state index in [9.17, 15) is 15.0 Å². The number of rotatable bonds is 4. The normalized spacial score (nSPS) is 13.2. The van der Waals surface area contributed by atoms with Crippen molar-refractivity contribution in [2.45, 2.75) is 32.0 Å². The Morgan fingerprint density at radius 3 is 2.65 bits per heavy atom. The molecule has 0 saturated heterocycles. The molecule has 0 aromatic heterocycles. The monoisotopic (exact) mass is 238 g/mol. The molecule has 94 valence electrons. The summed E-state index contributed by atoms with van der Waals surface area (Å²) in [7, 11) is 1.23. The Morgan fingerprint density at radius 2 is 2.12 bits per heavy atom. The smallest absolute Gasteiger partial charge is 0.339 e. The minimum absolute atomic E-state index is 0.453. The van der Waals surface area contributed by atoms with Crippen molar-refractivity contribution < 1.29 is 19.7 Å². The van der Waals surface area contributed by atoms with E-state index in [1.807, 2.05) is 6.07 Å². The number of aliphatic hydroxyl groups excluding tert-OH is 1. The maximum absolute atomic E-state index is 11.2. The highest BCUT2D eigenvalue weighted by Crippen LogP contribution is 2.19. The molecule has 4 nitrogen and oxygen atoms in total. The number of esters is 1. The van der Waals surface area contributed by atoms with Gasteiger partial charge >= 0.3 is 5.97 Å². The van der Waals surface area contributed by atoms with Crippen LogP contribution in [0, 0.1) is 0 Å². The first-order valence-electron chi connectivity index (χ1n) is 5.40. The summed E-state index contributed by atoms with van der Waals surface area (Å²) in [4.78, 5) is 11.2. The Balaban J connectivity index is 2.89. The second kappa shape index (κ2) is 5.29. The molecule has 1 unspecified atom stereocenters. The third kappa shape index (κ3) is 4.17. The fourth-order valence-electron chi connectivity index (χ4n) is 1.62. The Bertz CT molecular complexity index is 393. The van der Waals surface area contributed by atoms with Gasteiger partial charge in [-0.05, 0) is 25.0 Å². The molecule has 0 fully saturated rings.